The van der Waals surface area contributed by atoms with Gasteiger partial charge in [0.05, 0.1) is 9.52 Å². The van der Waals surface area contributed by atoms with E-state index in [0.29, 0.717) is 0 Å². The Morgan fingerprint density at radius 3 is 2.43 bits per heavy atom. The summed E-state index contributed by atoms with van der Waals surface area (Å²) in [7, 11) is 0.940. The highest BCUT2D eigenvalue weighted by Crippen LogP contribution is 2.25. The predicted octanol–water partition coefficient (Wildman–Crippen LogP) is 2.20. The van der Waals surface area contributed by atoms with Crippen LogP contribution < -0.4 is 5.19 Å². The molecule has 0 saturated heterocycles. The highest BCUT2D eigenvalue weighted by molar-refractivity contribution is 6.56. The Bertz CT molecular complexity index is 429. The molecule has 3 rings (SSSR count). The van der Waals surface area contributed by atoms with Crippen molar-refractivity contribution in [3.8, 4) is 11.1 Å². The minimum Gasteiger partial charge on any atom is -0.0629 e. The number of benzene rings is 2. The van der Waals surface area contributed by atoms with Crippen molar-refractivity contribution in [1.29, 1.82) is 0 Å². The van der Waals surface area contributed by atoms with Crippen molar-refractivity contribution < 1.29 is 0 Å². The summed E-state index contributed by atoms with van der Waals surface area (Å²) >= 11 is 0. The summed E-state index contributed by atoms with van der Waals surface area (Å²) in [5.41, 5.74) is 4.37. The third-order valence-electron chi connectivity index (χ3n) is 2.70. The van der Waals surface area contributed by atoms with Gasteiger partial charge in [0.15, 0.2) is 0 Å². The van der Waals surface area contributed by atoms with E-state index in [4.69, 9.17) is 0 Å². The van der Waals surface area contributed by atoms with Crippen molar-refractivity contribution in [1.82, 2.24) is 0 Å². The van der Waals surface area contributed by atoms with Gasteiger partial charge in [0.1, 0.15) is 0 Å². The number of hydrogen-bond donors (Lipinski definition) is 0. The minimum atomic E-state index is 0.940. The Morgan fingerprint density at radius 2 is 1.50 bits per heavy atom. The lowest BCUT2D eigenvalue weighted by Crippen LogP contribution is -2.23. The van der Waals surface area contributed by atoms with Crippen molar-refractivity contribution in [2.45, 2.75) is 6.04 Å². The number of rotatable bonds is 0. The summed E-state index contributed by atoms with van der Waals surface area (Å²) in [5, 5.41) is 1.52. The SMILES string of the molecule is c1ccc2c(c1)C[Si]c1ccccc1-2. The maximum Gasteiger partial charge on any atom is 0.0864 e. The van der Waals surface area contributed by atoms with Crippen LogP contribution in [0.4, 0.5) is 0 Å². The van der Waals surface area contributed by atoms with Gasteiger partial charge in [0.2, 0.25) is 0 Å². The van der Waals surface area contributed by atoms with Crippen molar-refractivity contribution in [2.24, 2.45) is 0 Å². The van der Waals surface area contributed by atoms with E-state index in [1.165, 1.54) is 27.9 Å². The van der Waals surface area contributed by atoms with Gasteiger partial charge in [-0.3, -0.25) is 0 Å². The second-order valence-electron chi connectivity index (χ2n) is 3.56. The Balaban J connectivity index is 2.29. The van der Waals surface area contributed by atoms with Crippen molar-refractivity contribution in [2.75, 3.05) is 0 Å². The summed E-state index contributed by atoms with van der Waals surface area (Å²) < 4.78 is 0. The van der Waals surface area contributed by atoms with Gasteiger partial charge in [-0.25, -0.2) is 0 Å². The molecule has 0 fully saturated rings. The fourth-order valence-corrected chi connectivity index (χ4v) is 3.31. The Hall–Kier alpha value is -1.34. The maximum absolute atomic E-state index is 2.25. The molecule has 0 spiro atoms. The zero-order valence-electron chi connectivity index (χ0n) is 7.83. The zero-order chi connectivity index (χ0) is 9.38. The van der Waals surface area contributed by atoms with E-state index >= 15 is 0 Å². The standard InChI is InChI=1S/C13H10Si/c1-2-6-11-10(5-1)9-14-13-8-4-3-7-12(11)13/h1-8H,9H2. The fourth-order valence-electron chi connectivity index (χ4n) is 2.00. The summed E-state index contributed by atoms with van der Waals surface area (Å²) in [4.78, 5) is 0. The first-order valence-electron chi connectivity index (χ1n) is 4.86. The van der Waals surface area contributed by atoms with Crippen LogP contribution in [-0.4, -0.2) is 9.52 Å². The van der Waals surface area contributed by atoms with Crippen LogP contribution in [0.2, 0.25) is 0 Å². The zero-order valence-corrected chi connectivity index (χ0v) is 8.83. The van der Waals surface area contributed by atoms with Crippen LogP contribution in [0.3, 0.4) is 0 Å². The summed E-state index contributed by atoms with van der Waals surface area (Å²) in [6, 6.07) is 18.7. The van der Waals surface area contributed by atoms with E-state index in [9.17, 15) is 0 Å². The van der Waals surface area contributed by atoms with Gasteiger partial charge in [-0.05, 0) is 22.7 Å². The normalized spacial score (nSPS) is 13.1. The molecule has 0 nitrogen and oxygen atoms in total. The van der Waals surface area contributed by atoms with Crippen LogP contribution in [0.15, 0.2) is 48.5 Å². The molecule has 0 amide bonds. The lowest BCUT2D eigenvalue weighted by atomic mass is 10.00. The van der Waals surface area contributed by atoms with Gasteiger partial charge in [0, 0.05) is 0 Å². The van der Waals surface area contributed by atoms with Crippen LogP contribution in [-0.2, 0) is 6.04 Å². The quantitative estimate of drug-likeness (QED) is 0.564. The molecule has 0 aromatic heterocycles. The minimum absolute atomic E-state index is 0.940. The first-order chi connectivity index (χ1) is 6.95. The van der Waals surface area contributed by atoms with Gasteiger partial charge in [-0.15, -0.1) is 0 Å². The van der Waals surface area contributed by atoms with Crippen LogP contribution in [0, 0.1) is 0 Å². The van der Waals surface area contributed by atoms with Crippen molar-refractivity contribution in [3.05, 3.63) is 54.1 Å². The van der Waals surface area contributed by atoms with Crippen molar-refractivity contribution >= 4 is 14.7 Å². The molecule has 2 aromatic carbocycles. The lowest BCUT2D eigenvalue weighted by molar-refractivity contribution is 1.37. The molecule has 14 heavy (non-hydrogen) atoms. The molecule has 0 N–H and O–H groups in total. The van der Waals surface area contributed by atoms with Gasteiger partial charge >= 0.3 is 0 Å². The van der Waals surface area contributed by atoms with Gasteiger partial charge < -0.3 is 0 Å². The molecule has 2 radical (unpaired) electrons. The average Bonchev–Trinajstić information content (AvgIpc) is 2.29. The predicted molar refractivity (Wildman–Crippen MR) is 61.0 cm³/mol. The first kappa shape index (κ1) is 8.01. The van der Waals surface area contributed by atoms with Crippen LogP contribution >= 0.6 is 0 Å². The molecule has 2 aromatic rings. The molecular formula is C13H10Si. The molecule has 1 heterocycles. The van der Waals surface area contributed by atoms with E-state index in [1.54, 1.807) is 0 Å². The Labute approximate surface area is 86.4 Å². The lowest BCUT2D eigenvalue weighted by Gasteiger charge is -2.18. The summed E-state index contributed by atoms with van der Waals surface area (Å²) in [6.45, 7) is 0. The molecule has 1 aliphatic heterocycles. The van der Waals surface area contributed by atoms with E-state index in [2.05, 4.69) is 48.5 Å². The molecule has 0 atom stereocenters. The van der Waals surface area contributed by atoms with Crippen LogP contribution in [0.1, 0.15) is 5.56 Å². The second-order valence-corrected chi connectivity index (χ2v) is 4.80. The van der Waals surface area contributed by atoms with Gasteiger partial charge in [-0.2, -0.15) is 0 Å². The molecular weight excluding hydrogens is 184 g/mol. The second kappa shape index (κ2) is 3.10. The molecule has 0 aliphatic carbocycles. The molecule has 1 heteroatoms. The van der Waals surface area contributed by atoms with Gasteiger partial charge in [-0.1, -0.05) is 53.7 Å². The fraction of sp³-hybridized carbons (Fsp3) is 0.0769. The smallest absolute Gasteiger partial charge is 0.0629 e. The third-order valence-corrected chi connectivity index (χ3v) is 4.08. The van der Waals surface area contributed by atoms with E-state index in [-0.39, 0.29) is 0 Å². The van der Waals surface area contributed by atoms with Gasteiger partial charge in [0.25, 0.3) is 0 Å². The molecule has 66 valence electrons. The summed E-state index contributed by atoms with van der Waals surface area (Å²) in [6.07, 6.45) is 0. The molecule has 0 saturated carbocycles. The molecule has 0 bridgehead atoms. The van der Waals surface area contributed by atoms with E-state index < -0.39 is 0 Å². The number of fused-ring (bicyclic) bond motifs is 3. The van der Waals surface area contributed by atoms with E-state index in [0.717, 1.165) is 9.52 Å². The summed E-state index contributed by atoms with van der Waals surface area (Å²) in [5.74, 6) is 0. The Morgan fingerprint density at radius 1 is 0.786 bits per heavy atom. The van der Waals surface area contributed by atoms with Crippen LogP contribution in [0.25, 0.3) is 11.1 Å². The highest BCUT2D eigenvalue weighted by atomic mass is 28.2. The maximum atomic E-state index is 2.25. The largest absolute Gasteiger partial charge is 0.0864 e. The van der Waals surface area contributed by atoms with E-state index in [1.807, 2.05) is 0 Å². The highest BCUT2D eigenvalue weighted by Gasteiger charge is 2.14. The Kier molecular flexibility index (Phi) is 1.77. The molecule has 0 unspecified atom stereocenters. The molecule has 1 aliphatic rings. The average molecular weight is 194 g/mol. The topological polar surface area (TPSA) is 0 Å². The monoisotopic (exact) mass is 194 g/mol. The van der Waals surface area contributed by atoms with Crippen molar-refractivity contribution in [3.63, 3.8) is 0 Å². The number of hydrogen-bond acceptors (Lipinski definition) is 0. The van der Waals surface area contributed by atoms with Crippen LogP contribution in [0.5, 0.6) is 0 Å². The third kappa shape index (κ3) is 1.13. The first-order valence-corrected chi connectivity index (χ1v) is 6.07.